The highest BCUT2D eigenvalue weighted by atomic mass is 35.5. The molecule has 0 spiro atoms. The van der Waals surface area contributed by atoms with Crippen LogP contribution in [0.2, 0.25) is 5.02 Å². The van der Waals surface area contributed by atoms with Crippen LogP contribution in [0.15, 0.2) is 30.3 Å². The lowest BCUT2D eigenvalue weighted by atomic mass is 9.69. The molecule has 2 N–H and O–H groups in total. The third-order valence-corrected chi connectivity index (χ3v) is 8.56. The quantitative estimate of drug-likeness (QED) is 0.471. The predicted molar refractivity (Wildman–Crippen MR) is 156 cm³/mol. The summed E-state index contributed by atoms with van der Waals surface area (Å²) in [6.45, 7) is 8.21. The van der Waals surface area contributed by atoms with E-state index in [4.69, 9.17) is 38.5 Å². The van der Waals surface area contributed by atoms with Crippen LogP contribution in [0.1, 0.15) is 57.4 Å². The number of hydrogen-bond donors (Lipinski definition) is 2. The van der Waals surface area contributed by atoms with Gasteiger partial charge in [0.25, 0.3) is 0 Å². The molecule has 37 heavy (non-hydrogen) atoms. The van der Waals surface area contributed by atoms with Crippen molar-refractivity contribution in [3.05, 3.63) is 40.9 Å². The Balaban J connectivity index is 1.32. The largest absolute Gasteiger partial charge is 0.378 e. The van der Waals surface area contributed by atoms with E-state index in [2.05, 4.69) is 51.6 Å². The van der Waals surface area contributed by atoms with Gasteiger partial charge in [-0.3, -0.25) is 0 Å². The van der Waals surface area contributed by atoms with E-state index in [1.165, 1.54) is 37.7 Å². The summed E-state index contributed by atoms with van der Waals surface area (Å²) in [5.74, 6) is 3.11. The van der Waals surface area contributed by atoms with Crippen molar-refractivity contribution in [3.8, 4) is 0 Å². The summed E-state index contributed by atoms with van der Waals surface area (Å²) in [4.78, 5) is 14.4. The second kappa shape index (κ2) is 12.1. The molecule has 3 heterocycles. The van der Waals surface area contributed by atoms with Crippen LogP contribution in [0.25, 0.3) is 0 Å². The van der Waals surface area contributed by atoms with E-state index < -0.39 is 0 Å². The third kappa shape index (κ3) is 6.65. The van der Waals surface area contributed by atoms with E-state index >= 15 is 0 Å². The van der Waals surface area contributed by atoms with Gasteiger partial charge in [-0.2, -0.15) is 9.97 Å². The lowest BCUT2D eigenvalue weighted by molar-refractivity contribution is 0.122. The van der Waals surface area contributed by atoms with Gasteiger partial charge in [0.15, 0.2) is 5.11 Å². The van der Waals surface area contributed by atoms with Crippen LogP contribution in [-0.4, -0.2) is 61.0 Å². The van der Waals surface area contributed by atoms with Gasteiger partial charge in [0.05, 0.1) is 13.2 Å². The number of anilines is 3. The number of rotatable bonds is 6. The Morgan fingerprint density at radius 1 is 1.05 bits per heavy atom. The van der Waals surface area contributed by atoms with Crippen molar-refractivity contribution >= 4 is 46.5 Å². The van der Waals surface area contributed by atoms with Crippen molar-refractivity contribution in [3.63, 3.8) is 0 Å². The number of benzene rings is 1. The molecule has 1 aromatic heterocycles. The van der Waals surface area contributed by atoms with Gasteiger partial charge in [0.1, 0.15) is 11.6 Å². The van der Waals surface area contributed by atoms with E-state index in [0.717, 1.165) is 62.2 Å². The van der Waals surface area contributed by atoms with Crippen molar-refractivity contribution in [2.45, 2.75) is 57.3 Å². The summed E-state index contributed by atoms with van der Waals surface area (Å²) in [5, 5.41) is 8.18. The highest BCUT2D eigenvalue weighted by Gasteiger charge is 2.34. The number of thiocarbonyl (C=S) groups is 1. The average molecular weight is 543 g/mol. The van der Waals surface area contributed by atoms with Crippen molar-refractivity contribution < 1.29 is 4.74 Å². The highest BCUT2D eigenvalue weighted by molar-refractivity contribution is 7.80. The number of nitrogens with zero attached hydrogens (tertiary/aromatic N) is 4. The van der Waals surface area contributed by atoms with Crippen LogP contribution in [0.3, 0.4) is 0 Å². The molecular formula is C28H39ClN6OS. The average Bonchev–Trinajstić information content (AvgIpc) is 2.93. The molecule has 7 nitrogen and oxygen atoms in total. The van der Waals surface area contributed by atoms with Gasteiger partial charge >= 0.3 is 0 Å². The Kier molecular flexibility index (Phi) is 8.67. The summed E-state index contributed by atoms with van der Waals surface area (Å²) in [6, 6.07) is 10.4. The zero-order valence-corrected chi connectivity index (χ0v) is 23.4. The number of aromatic nitrogens is 2. The minimum absolute atomic E-state index is 0.0283. The molecule has 0 amide bonds. The van der Waals surface area contributed by atoms with Gasteiger partial charge in [0.2, 0.25) is 5.95 Å². The maximum absolute atomic E-state index is 6.37. The van der Waals surface area contributed by atoms with Gasteiger partial charge in [-0.15, -0.1) is 0 Å². The Bertz CT molecular complexity index is 1070. The number of hydrogen-bond acceptors (Lipinski definition) is 6. The number of piperidine rings is 1. The van der Waals surface area contributed by atoms with E-state index in [1.54, 1.807) is 0 Å². The molecule has 1 saturated carbocycles. The molecule has 0 unspecified atom stereocenters. The molecule has 2 aromatic rings. The first-order chi connectivity index (χ1) is 18.0. The topological polar surface area (TPSA) is 65.6 Å². The number of morpholine rings is 1. The zero-order chi connectivity index (χ0) is 25.7. The number of halogens is 1. The highest BCUT2D eigenvalue weighted by Crippen LogP contribution is 2.39. The molecule has 9 heteroatoms. The normalized spacial score (nSPS) is 21.9. The first-order valence-corrected chi connectivity index (χ1v) is 14.6. The predicted octanol–water partition coefficient (Wildman–Crippen LogP) is 5.39. The second-order valence-electron chi connectivity index (χ2n) is 10.9. The first-order valence-electron chi connectivity index (χ1n) is 13.8. The van der Waals surface area contributed by atoms with Crippen LogP contribution < -0.4 is 20.4 Å². The monoisotopic (exact) mass is 542 g/mol. The molecular weight excluding hydrogens is 504 g/mol. The van der Waals surface area contributed by atoms with E-state index in [1.807, 2.05) is 6.07 Å². The Labute approximate surface area is 231 Å². The van der Waals surface area contributed by atoms with Crippen LogP contribution in [0.4, 0.5) is 17.6 Å². The molecule has 5 rings (SSSR count). The maximum Gasteiger partial charge on any atom is 0.232 e. The van der Waals surface area contributed by atoms with E-state index in [9.17, 15) is 0 Å². The van der Waals surface area contributed by atoms with Gasteiger partial charge in [-0.05, 0) is 61.5 Å². The summed E-state index contributed by atoms with van der Waals surface area (Å²) in [7, 11) is 0. The van der Waals surface area contributed by atoms with Crippen molar-refractivity contribution in [2.24, 2.45) is 5.92 Å². The maximum atomic E-state index is 6.37. The zero-order valence-electron chi connectivity index (χ0n) is 21.8. The fourth-order valence-electron chi connectivity index (χ4n) is 6.00. The molecule has 0 bridgehead atoms. The molecule has 1 aliphatic carbocycles. The Morgan fingerprint density at radius 3 is 2.54 bits per heavy atom. The third-order valence-electron chi connectivity index (χ3n) is 8.08. The minimum atomic E-state index is 0.0283. The molecule has 3 fully saturated rings. The number of ether oxygens (including phenoxy) is 1. The molecule has 200 valence electrons. The van der Waals surface area contributed by atoms with Gasteiger partial charge in [-0.25, -0.2) is 0 Å². The summed E-state index contributed by atoms with van der Waals surface area (Å²) >= 11 is 12.1. The van der Waals surface area contributed by atoms with E-state index in [-0.39, 0.29) is 5.41 Å². The molecule has 2 saturated heterocycles. The van der Waals surface area contributed by atoms with Crippen LogP contribution in [0.5, 0.6) is 0 Å². The molecule has 2 aliphatic heterocycles. The smallest absolute Gasteiger partial charge is 0.232 e. The van der Waals surface area contributed by atoms with Crippen LogP contribution >= 0.6 is 23.8 Å². The molecule has 0 radical (unpaired) electrons. The SMILES string of the molecule is C[C@H]1CCCN(c2cc(N3CCOCC3)nc(NC(=S)NCC3(c4cccc(Cl)c4)CCCCC3)n2)C1. The molecule has 1 atom stereocenters. The molecule has 3 aliphatic rings. The minimum Gasteiger partial charge on any atom is -0.378 e. The van der Waals surface area contributed by atoms with Crippen LogP contribution in [-0.2, 0) is 10.2 Å². The van der Waals surface area contributed by atoms with Gasteiger partial charge < -0.3 is 25.2 Å². The Hall–Kier alpha value is -2.16. The fourth-order valence-corrected chi connectivity index (χ4v) is 6.36. The van der Waals surface area contributed by atoms with Crippen LogP contribution in [0, 0.1) is 5.92 Å². The van der Waals surface area contributed by atoms with Gasteiger partial charge in [-0.1, -0.05) is 49.9 Å². The first kappa shape index (κ1) is 26.4. The Morgan fingerprint density at radius 2 is 1.81 bits per heavy atom. The lowest BCUT2D eigenvalue weighted by Gasteiger charge is -2.38. The van der Waals surface area contributed by atoms with Crippen molar-refractivity contribution in [1.82, 2.24) is 15.3 Å². The lowest BCUT2D eigenvalue weighted by Crippen LogP contribution is -2.44. The van der Waals surface area contributed by atoms with Gasteiger partial charge in [0, 0.05) is 49.2 Å². The van der Waals surface area contributed by atoms with Crippen molar-refractivity contribution in [1.29, 1.82) is 0 Å². The summed E-state index contributed by atoms with van der Waals surface area (Å²) in [6.07, 6.45) is 8.43. The summed E-state index contributed by atoms with van der Waals surface area (Å²) < 4.78 is 5.57. The fraction of sp³-hybridized carbons (Fsp3) is 0.607. The summed E-state index contributed by atoms with van der Waals surface area (Å²) in [5.41, 5.74) is 1.32. The standard InChI is InChI=1S/C28H39ClN6OS/c1-21-7-6-12-35(19-21)25-18-24(34-13-15-36-16-14-34)31-26(32-25)33-27(37)30-20-28(10-3-2-4-11-28)22-8-5-9-23(29)17-22/h5,8-9,17-18,21H,2-4,6-7,10-16,19-20H2,1H3,(H2,30,31,32,33,37)/t21-/m0/s1. The number of nitrogens with one attached hydrogen (secondary N) is 2. The second-order valence-corrected chi connectivity index (χ2v) is 11.7. The van der Waals surface area contributed by atoms with E-state index in [0.29, 0.717) is 30.2 Å². The van der Waals surface area contributed by atoms with Crippen molar-refractivity contribution in [2.75, 3.05) is 61.1 Å². The molecule has 1 aromatic carbocycles.